The molecule has 0 aliphatic carbocycles. The Bertz CT molecular complexity index is 557. The first-order valence-corrected chi connectivity index (χ1v) is 9.36. The van der Waals surface area contributed by atoms with Crippen LogP contribution in [0.4, 0.5) is 0 Å². The Labute approximate surface area is 150 Å². The molecule has 1 saturated heterocycles. The Morgan fingerprint density at radius 2 is 1.96 bits per heavy atom. The number of nitrogens with zero attached hydrogens (tertiary/aromatic N) is 1. The topological polar surface area (TPSA) is 58.6 Å². The number of unbranched alkanes of at least 4 members (excludes halogenated alkanes) is 3. The number of carbonyl (C=O) groups is 2. The number of methoxy groups -OCH3 is 1. The smallest absolute Gasteiger partial charge is 0.253 e. The van der Waals surface area contributed by atoms with Gasteiger partial charge in [0.2, 0.25) is 5.91 Å². The first-order valence-electron chi connectivity index (χ1n) is 9.36. The molecule has 1 N–H and O–H groups in total. The Kier molecular flexibility index (Phi) is 7.76. The first kappa shape index (κ1) is 19.3. The van der Waals surface area contributed by atoms with Crippen LogP contribution in [0.2, 0.25) is 0 Å². The van der Waals surface area contributed by atoms with Crippen LogP contribution in [-0.4, -0.2) is 43.5 Å². The van der Waals surface area contributed by atoms with Gasteiger partial charge in [-0.2, -0.15) is 0 Å². The molecule has 2 rings (SSSR count). The molecule has 1 aromatic rings. The van der Waals surface area contributed by atoms with Crippen molar-refractivity contribution in [3.63, 3.8) is 0 Å². The summed E-state index contributed by atoms with van der Waals surface area (Å²) in [7, 11) is 1.60. The number of amides is 2. The second-order valence-electron chi connectivity index (χ2n) is 6.67. The van der Waals surface area contributed by atoms with E-state index < -0.39 is 0 Å². The number of benzene rings is 1. The van der Waals surface area contributed by atoms with Gasteiger partial charge in [-0.1, -0.05) is 26.2 Å². The maximum absolute atomic E-state index is 12.7. The van der Waals surface area contributed by atoms with Gasteiger partial charge in [-0.3, -0.25) is 9.59 Å². The van der Waals surface area contributed by atoms with Crippen LogP contribution >= 0.6 is 0 Å². The molecule has 138 valence electrons. The van der Waals surface area contributed by atoms with E-state index in [1.807, 2.05) is 0 Å². The van der Waals surface area contributed by atoms with Gasteiger partial charge in [-0.15, -0.1) is 0 Å². The monoisotopic (exact) mass is 346 g/mol. The van der Waals surface area contributed by atoms with Crippen LogP contribution < -0.4 is 10.1 Å². The van der Waals surface area contributed by atoms with Crippen molar-refractivity contribution in [1.29, 1.82) is 0 Å². The van der Waals surface area contributed by atoms with Gasteiger partial charge in [0.25, 0.3) is 5.91 Å². The molecule has 0 spiro atoms. The Morgan fingerprint density at radius 1 is 1.20 bits per heavy atom. The number of ether oxygens (including phenoxy) is 1. The van der Waals surface area contributed by atoms with E-state index in [9.17, 15) is 9.59 Å². The number of rotatable bonds is 8. The molecule has 0 saturated carbocycles. The number of hydrogen-bond donors (Lipinski definition) is 1. The third-order valence-corrected chi connectivity index (χ3v) is 4.75. The van der Waals surface area contributed by atoms with Crippen LogP contribution in [0.3, 0.4) is 0 Å². The highest BCUT2D eigenvalue weighted by molar-refractivity contribution is 5.94. The first-order chi connectivity index (χ1) is 12.2. The van der Waals surface area contributed by atoms with Crippen LogP contribution in [0.25, 0.3) is 0 Å². The van der Waals surface area contributed by atoms with Gasteiger partial charge < -0.3 is 15.0 Å². The number of nitrogens with one attached hydrogen (secondary N) is 1. The summed E-state index contributed by atoms with van der Waals surface area (Å²) in [5, 5.41) is 3.03. The molecule has 1 aromatic carbocycles. The zero-order chi connectivity index (χ0) is 18.1. The lowest BCUT2D eigenvalue weighted by Crippen LogP contribution is -2.45. The molecule has 0 aromatic heterocycles. The van der Waals surface area contributed by atoms with Gasteiger partial charge in [-0.05, 0) is 43.5 Å². The van der Waals surface area contributed by atoms with E-state index >= 15 is 0 Å². The van der Waals surface area contributed by atoms with Crippen molar-refractivity contribution < 1.29 is 14.3 Å². The third kappa shape index (κ3) is 5.76. The standard InChI is InChI=1S/C20H30N2O3/c1-3-4-5-6-13-21-19(23)17-8-7-14-22(15-17)20(24)16-9-11-18(25-2)12-10-16/h9-12,17H,3-8,13-15H2,1-2H3,(H,21,23)/t17-/m0/s1. The van der Waals surface area contributed by atoms with E-state index in [2.05, 4.69) is 12.2 Å². The summed E-state index contributed by atoms with van der Waals surface area (Å²) in [6, 6.07) is 7.13. The minimum absolute atomic E-state index is 0.0110. The average molecular weight is 346 g/mol. The van der Waals surface area contributed by atoms with Crippen molar-refractivity contribution in [3.05, 3.63) is 29.8 Å². The molecule has 1 aliphatic heterocycles. The number of piperidine rings is 1. The number of carbonyl (C=O) groups excluding carboxylic acids is 2. The van der Waals surface area contributed by atoms with E-state index in [0.29, 0.717) is 18.7 Å². The Morgan fingerprint density at radius 3 is 2.64 bits per heavy atom. The van der Waals surface area contributed by atoms with Gasteiger partial charge in [0.15, 0.2) is 0 Å². The molecule has 0 bridgehead atoms. The fraction of sp³-hybridized carbons (Fsp3) is 0.600. The Balaban J connectivity index is 1.84. The zero-order valence-electron chi connectivity index (χ0n) is 15.4. The second kappa shape index (κ2) is 10.1. The number of hydrogen-bond acceptors (Lipinski definition) is 3. The van der Waals surface area contributed by atoms with E-state index in [1.165, 1.54) is 12.8 Å². The van der Waals surface area contributed by atoms with E-state index in [-0.39, 0.29) is 17.7 Å². The van der Waals surface area contributed by atoms with Crippen molar-refractivity contribution in [2.75, 3.05) is 26.7 Å². The van der Waals surface area contributed by atoms with Crippen molar-refractivity contribution in [2.45, 2.75) is 45.4 Å². The quantitative estimate of drug-likeness (QED) is 0.735. The largest absolute Gasteiger partial charge is 0.497 e. The van der Waals surface area contributed by atoms with Crippen LogP contribution in [0.15, 0.2) is 24.3 Å². The molecule has 25 heavy (non-hydrogen) atoms. The molecular weight excluding hydrogens is 316 g/mol. The maximum Gasteiger partial charge on any atom is 0.253 e. The van der Waals surface area contributed by atoms with Crippen molar-refractivity contribution in [3.8, 4) is 5.75 Å². The maximum atomic E-state index is 12.7. The van der Waals surface area contributed by atoms with E-state index in [0.717, 1.165) is 38.0 Å². The zero-order valence-corrected chi connectivity index (χ0v) is 15.4. The van der Waals surface area contributed by atoms with Crippen LogP contribution in [-0.2, 0) is 4.79 Å². The molecule has 1 aliphatic rings. The highest BCUT2D eigenvalue weighted by atomic mass is 16.5. The summed E-state index contributed by atoms with van der Waals surface area (Å²) in [5.74, 6) is 0.712. The normalized spacial score (nSPS) is 17.2. The minimum Gasteiger partial charge on any atom is -0.497 e. The highest BCUT2D eigenvalue weighted by Crippen LogP contribution is 2.20. The molecule has 0 radical (unpaired) electrons. The van der Waals surface area contributed by atoms with Crippen LogP contribution in [0.1, 0.15) is 55.8 Å². The van der Waals surface area contributed by atoms with Gasteiger partial charge in [-0.25, -0.2) is 0 Å². The lowest BCUT2D eigenvalue weighted by molar-refractivity contribution is -0.126. The van der Waals surface area contributed by atoms with Crippen molar-refractivity contribution >= 4 is 11.8 Å². The van der Waals surface area contributed by atoms with Crippen molar-refractivity contribution in [1.82, 2.24) is 10.2 Å². The van der Waals surface area contributed by atoms with Gasteiger partial charge in [0.1, 0.15) is 5.75 Å². The molecule has 5 heteroatoms. The van der Waals surface area contributed by atoms with Gasteiger partial charge in [0, 0.05) is 25.2 Å². The lowest BCUT2D eigenvalue weighted by atomic mass is 9.96. The third-order valence-electron chi connectivity index (χ3n) is 4.75. The summed E-state index contributed by atoms with van der Waals surface area (Å²) in [6.07, 6.45) is 6.32. The average Bonchev–Trinajstić information content (AvgIpc) is 2.67. The van der Waals surface area contributed by atoms with E-state index in [1.54, 1.807) is 36.3 Å². The van der Waals surface area contributed by atoms with Crippen LogP contribution in [0, 0.1) is 5.92 Å². The van der Waals surface area contributed by atoms with Gasteiger partial charge in [0.05, 0.1) is 13.0 Å². The summed E-state index contributed by atoms with van der Waals surface area (Å²) < 4.78 is 5.13. The summed E-state index contributed by atoms with van der Waals surface area (Å²) in [4.78, 5) is 26.8. The molecule has 1 fully saturated rings. The van der Waals surface area contributed by atoms with Gasteiger partial charge >= 0.3 is 0 Å². The predicted molar refractivity (Wildman–Crippen MR) is 98.8 cm³/mol. The van der Waals surface area contributed by atoms with Crippen molar-refractivity contribution in [2.24, 2.45) is 5.92 Å². The second-order valence-corrected chi connectivity index (χ2v) is 6.67. The Hall–Kier alpha value is -2.04. The van der Waals surface area contributed by atoms with E-state index in [4.69, 9.17) is 4.74 Å². The summed E-state index contributed by atoms with van der Waals surface area (Å²) in [6.45, 7) is 4.13. The molecule has 0 unspecified atom stereocenters. The summed E-state index contributed by atoms with van der Waals surface area (Å²) in [5.41, 5.74) is 0.640. The fourth-order valence-electron chi connectivity index (χ4n) is 3.20. The predicted octanol–water partition coefficient (Wildman–Crippen LogP) is 3.24. The minimum atomic E-state index is -0.0953. The molecule has 5 nitrogen and oxygen atoms in total. The highest BCUT2D eigenvalue weighted by Gasteiger charge is 2.28. The summed E-state index contributed by atoms with van der Waals surface area (Å²) >= 11 is 0. The lowest BCUT2D eigenvalue weighted by Gasteiger charge is -2.32. The SMILES string of the molecule is CCCCCCNC(=O)[C@H]1CCCN(C(=O)c2ccc(OC)cc2)C1. The van der Waals surface area contributed by atoms with Crippen LogP contribution in [0.5, 0.6) is 5.75 Å². The molecule has 2 amide bonds. The number of likely N-dealkylation sites (tertiary alicyclic amines) is 1. The fourth-order valence-corrected chi connectivity index (χ4v) is 3.20. The molecule has 1 atom stereocenters. The molecule has 1 heterocycles. The molecular formula is C20H30N2O3.